The van der Waals surface area contributed by atoms with Crippen molar-refractivity contribution in [3.63, 3.8) is 0 Å². The van der Waals surface area contributed by atoms with E-state index in [1.807, 2.05) is 35.9 Å². The van der Waals surface area contributed by atoms with Crippen molar-refractivity contribution >= 4 is 35.9 Å². The molecule has 0 aliphatic heterocycles. The van der Waals surface area contributed by atoms with Gasteiger partial charge in [0, 0.05) is 24.8 Å². The number of allylic oxidation sites excluding steroid dienone is 2. The van der Waals surface area contributed by atoms with Gasteiger partial charge in [0.15, 0.2) is 12.8 Å². The molecule has 2 rings (SSSR count). The second-order valence-corrected chi connectivity index (χ2v) is 8.20. The van der Waals surface area contributed by atoms with Gasteiger partial charge in [-0.1, -0.05) is 19.4 Å². The van der Waals surface area contributed by atoms with Crippen LogP contribution in [0.3, 0.4) is 0 Å². The molecule has 26 heavy (non-hydrogen) atoms. The van der Waals surface area contributed by atoms with Gasteiger partial charge in [0.25, 0.3) is 4.99 Å². The summed E-state index contributed by atoms with van der Waals surface area (Å²) >= 11 is 5.54. The Morgan fingerprint density at radius 1 is 1.35 bits per heavy atom. The Bertz CT molecular complexity index is 802. The first kappa shape index (κ1) is 20.7. The summed E-state index contributed by atoms with van der Waals surface area (Å²) in [5.41, 5.74) is 2.40. The third-order valence-corrected chi connectivity index (χ3v) is 6.04. The van der Waals surface area contributed by atoms with E-state index >= 15 is 0 Å². The van der Waals surface area contributed by atoms with Gasteiger partial charge in [-0.05, 0) is 50.2 Å². The Morgan fingerprint density at radius 3 is 2.77 bits per heavy atom. The van der Waals surface area contributed by atoms with Crippen molar-refractivity contribution in [3.05, 3.63) is 54.6 Å². The van der Waals surface area contributed by atoms with Crippen LogP contribution in [0, 0.1) is 0 Å². The molecule has 0 amide bonds. The molecular formula is C19H25NO4PS+. The van der Waals surface area contributed by atoms with E-state index in [1.54, 1.807) is 12.1 Å². The molecule has 0 aliphatic rings. The molecule has 0 fully saturated rings. The molecule has 0 aliphatic carbocycles. The van der Waals surface area contributed by atoms with Crippen LogP contribution in [0.25, 0.3) is 5.57 Å². The second-order valence-electron chi connectivity index (χ2n) is 5.67. The van der Waals surface area contributed by atoms with Crippen molar-refractivity contribution in [1.82, 2.24) is 0 Å². The lowest BCUT2D eigenvalue weighted by molar-refractivity contribution is -0.557. The summed E-state index contributed by atoms with van der Waals surface area (Å²) < 4.78 is 30.5. The van der Waals surface area contributed by atoms with E-state index < -0.39 is 7.60 Å². The summed E-state index contributed by atoms with van der Waals surface area (Å²) in [6, 6.07) is 9.12. The minimum atomic E-state index is -3.52. The Balaban J connectivity index is 2.19. The molecule has 0 aromatic carbocycles. The Hall–Kier alpha value is -1.59. The molecule has 1 atom stereocenters. The topological polar surface area (TPSA) is 52.5 Å². The molecule has 0 bridgehead atoms. The van der Waals surface area contributed by atoms with Crippen molar-refractivity contribution in [2.75, 3.05) is 13.7 Å². The van der Waals surface area contributed by atoms with E-state index in [0.29, 0.717) is 4.99 Å². The summed E-state index contributed by atoms with van der Waals surface area (Å²) in [6.45, 7) is 4.17. The molecule has 0 saturated carbocycles. The van der Waals surface area contributed by atoms with Crippen LogP contribution in [0.4, 0.5) is 0 Å². The minimum Gasteiger partial charge on any atom is -0.456 e. The Labute approximate surface area is 160 Å². The molecular weight excluding hydrogens is 369 g/mol. The fourth-order valence-electron chi connectivity index (χ4n) is 2.55. The van der Waals surface area contributed by atoms with Crippen LogP contribution in [0.1, 0.15) is 38.8 Å². The number of nitrogens with zero attached hydrogens (tertiary/aromatic N) is 1. The molecule has 140 valence electrons. The number of unbranched alkanes of at least 4 members (excludes halogenated alkanes) is 1. The van der Waals surface area contributed by atoms with Crippen molar-refractivity contribution < 1.29 is 22.6 Å². The molecule has 7 heteroatoms. The van der Waals surface area contributed by atoms with Gasteiger partial charge in [0.05, 0.1) is 6.26 Å². The zero-order valence-corrected chi connectivity index (χ0v) is 17.1. The van der Waals surface area contributed by atoms with Gasteiger partial charge >= 0.3 is 7.60 Å². The highest BCUT2D eigenvalue weighted by Crippen LogP contribution is 2.46. The van der Waals surface area contributed by atoms with Crippen molar-refractivity contribution in [2.24, 2.45) is 0 Å². The highest BCUT2D eigenvalue weighted by molar-refractivity contribution is 7.80. The standard InChI is InChI=1S/C19H25NO4PS/c1-4-6-10-16(5-2)17-11-7-8-13-20(17)18(26)15-24-25(21,22-3)19-12-9-14-23-19/h5,7-9,11-14H,4,6,10,15H2,1-3H3/q+1. The normalized spacial score (nSPS) is 14.2. The fourth-order valence-corrected chi connectivity index (χ4v) is 4.02. The number of furan rings is 1. The summed E-state index contributed by atoms with van der Waals surface area (Å²) in [4.78, 5) is 0.500. The van der Waals surface area contributed by atoms with Gasteiger partial charge in [0.2, 0.25) is 11.2 Å². The molecule has 0 spiro atoms. The maximum absolute atomic E-state index is 12.8. The predicted octanol–water partition coefficient (Wildman–Crippen LogP) is 4.52. The van der Waals surface area contributed by atoms with E-state index in [1.165, 1.54) is 18.9 Å². The lowest BCUT2D eigenvalue weighted by atomic mass is 10.0. The number of hydrogen-bond donors (Lipinski definition) is 0. The van der Waals surface area contributed by atoms with E-state index in [-0.39, 0.29) is 12.1 Å². The van der Waals surface area contributed by atoms with Crippen LogP contribution in [0.5, 0.6) is 0 Å². The van der Waals surface area contributed by atoms with E-state index in [2.05, 4.69) is 13.0 Å². The van der Waals surface area contributed by atoms with E-state index in [4.69, 9.17) is 25.7 Å². The third kappa shape index (κ3) is 4.98. The SMILES string of the molecule is CC=C(CCCC)c1cccc[n+]1C(=S)COP(=O)(OC)c1ccco1. The molecule has 2 aromatic rings. The lowest BCUT2D eigenvalue weighted by Crippen LogP contribution is -2.47. The zero-order chi connectivity index (χ0) is 19.0. The molecule has 2 aromatic heterocycles. The number of thiocarbonyl (C=S) groups is 1. The first-order valence-electron chi connectivity index (χ1n) is 8.59. The van der Waals surface area contributed by atoms with Gasteiger partial charge in [0.1, 0.15) is 0 Å². The van der Waals surface area contributed by atoms with Crippen LogP contribution in [0.2, 0.25) is 0 Å². The highest BCUT2D eigenvalue weighted by atomic mass is 32.1. The largest absolute Gasteiger partial charge is 0.456 e. The summed E-state index contributed by atoms with van der Waals surface area (Å²) in [6.07, 6.45) is 8.63. The van der Waals surface area contributed by atoms with Crippen molar-refractivity contribution in [1.29, 1.82) is 0 Å². The van der Waals surface area contributed by atoms with Crippen molar-refractivity contribution in [2.45, 2.75) is 33.1 Å². The lowest BCUT2D eigenvalue weighted by Gasteiger charge is -2.13. The minimum absolute atomic E-state index is 0.0202. The van der Waals surface area contributed by atoms with Crippen LogP contribution >= 0.6 is 19.8 Å². The van der Waals surface area contributed by atoms with E-state index in [9.17, 15) is 4.57 Å². The number of hydrogen-bond acceptors (Lipinski definition) is 5. The molecule has 0 saturated heterocycles. The molecule has 5 nitrogen and oxygen atoms in total. The average molecular weight is 394 g/mol. The van der Waals surface area contributed by atoms with Gasteiger partial charge in [-0.25, -0.2) is 0 Å². The Kier molecular flexibility index (Phi) is 7.91. The van der Waals surface area contributed by atoms with Crippen LogP contribution < -0.4 is 10.1 Å². The molecule has 1 unspecified atom stereocenters. The number of rotatable bonds is 9. The molecule has 0 N–H and O–H groups in total. The van der Waals surface area contributed by atoms with Gasteiger partial charge < -0.3 is 8.94 Å². The van der Waals surface area contributed by atoms with Crippen LogP contribution in [-0.4, -0.2) is 18.7 Å². The third-order valence-electron chi connectivity index (χ3n) is 3.98. The summed E-state index contributed by atoms with van der Waals surface area (Å²) in [7, 11) is -2.20. The fraction of sp³-hybridized carbons (Fsp3) is 0.368. The van der Waals surface area contributed by atoms with Crippen LogP contribution in [0.15, 0.2) is 53.3 Å². The zero-order valence-electron chi connectivity index (χ0n) is 15.4. The first-order valence-corrected chi connectivity index (χ1v) is 10.5. The monoisotopic (exact) mass is 394 g/mol. The van der Waals surface area contributed by atoms with Gasteiger partial charge in [-0.3, -0.25) is 9.09 Å². The second kappa shape index (κ2) is 9.93. The van der Waals surface area contributed by atoms with E-state index in [0.717, 1.165) is 25.0 Å². The Morgan fingerprint density at radius 2 is 2.15 bits per heavy atom. The highest BCUT2D eigenvalue weighted by Gasteiger charge is 2.31. The first-order chi connectivity index (χ1) is 12.6. The molecule has 2 heterocycles. The van der Waals surface area contributed by atoms with Gasteiger partial charge in [-0.15, -0.1) is 0 Å². The number of aromatic nitrogens is 1. The van der Waals surface area contributed by atoms with Crippen LogP contribution in [-0.2, 0) is 13.6 Å². The van der Waals surface area contributed by atoms with Gasteiger partial charge in [-0.2, -0.15) is 4.57 Å². The number of pyridine rings is 1. The summed E-state index contributed by atoms with van der Waals surface area (Å²) in [5, 5.41) is 0. The maximum Gasteiger partial charge on any atom is 0.396 e. The summed E-state index contributed by atoms with van der Waals surface area (Å²) in [5.74, 6) is 0. The smallest absolute Gasteiger partial charge is 0.396 e. The average Bonchev–Trinajstić information content (AvgIpc) is 3.22. The van der Waals surface area contributed by atoms with Crippen molar-refractivity contribution in [3.8, 4) is 0 Å². The predicted molar refractivity (Wildman–Crippen MR) is 107 cm³/mol. The maximum atomic E-state index is 12.8. The molecule has 0 radical (unpaired) electrons. The quantitative estimate of drug-likeness (QED) is 0.356.